The van der Waals surface area contributed by atoms with Crippen LogP contribution in [0.1, 0.15) is 25.8 Å². The second-order valence-electron chi connectivity index (χ2n) is 3.91. The molecule has 1 heteroatoms. The molecule has 0 saturated heterocycles. The number of rotatable bonds is 0. The minimum absolute atomic E-state index is 1.25. The van der Waals surface area contributed by atoms with Crippen molar-refractivity contribution in [2.24, 2.45) is 0 Å². The predicted octanol–water partition coefficient (Wildman–Crippen LogP) is 4.83. The average Bonchev–Trinajstić information content (AvgIpc) is 2.32. The maximum Gasteiger partial charge on any atom is 0.0351 e. The van der Waals surface area contributed by atoms with Gasteiger partial charge in [0.2, 0.25) is 0 Å². The largest absolute Gasteiger partial charge is 0.388 e. The minimum Gasteiger partial charge on any atom is -0.388 e. The molecule has 2 aromatic carbocycles. The summed E-state index contributed by atoms with van der Waals surface area (Å²) in [4.78, 5) is 0. The predicted molar refractivity (Wildman–Crippen MR) is 77.6 cm³/mol. The summed E-state index contributed by atoms with van der Waals surface area (Å²) in [5.74, 6) is 0. The third-order valence-electron chi connectivity index (χ3n) is 2.01. The first-order valence-corrected chi connectivity index (χ1v) is 6.05. The van der Waals surface area contributed by atoms with Crippen LogP contribution >= 0.6 is 0 Å². The van der Waals surface area contributed by atoms with Crippen LogP contribution in [0, 0.1) is 6.92 Å². The molecular formula is C16H24O. The van der Waals surface area contributed by atoms with Gasteiger partial charge >= 0.3 is 0 Å². The molecule has 0 aliphatic heterocycles. The number of aryl methyl sites for hydroxylation is 1. The topological polar surface area (TPSA) is 9.23 Å². The molecule has 0 aromatic heterocycles. The Morgan fingerprint density at radius 2 is 1.35 bits per heavy atom. The van der Waals surface area contributed by atoms with Crippen molar-refractivity contribution < 1.29 is 4.74 Å². The van der Waals surface area contributed by atoms with E-state index >= 15 is 0 Å². The molecule has 17 heavy (non-hydrogen) atoms. The van der Waals surface area contributed by atoms with Crippen LogP contribution in [0.3, 0.4) is 0 Å². The van der Waals surface area contributed by atoms with Gasteiger partial charge in [0.15, 0.2) is 0 Å². The molecule has 0 fully saturated rings. The van der Waals surface area contributed by atoms with Crippen molar-refractivity contribution in [2.45, 2.75) is 27.2 Å². The minimum atomic E-state index is 1.25. The quantitative estimate of drug-likeness (QED) is 0.632. The van der Waals surface area contributed by atoms with Gasteiger partial charge < -0.3 is 4.74 Å². The monoisotopic (exact) mass is 232 g/mol. The molecule has 2 aromatic rings. The fourth-order valence-electron chi connectivity index (χ4n) is 1.39. The van der Waals surface area contributed by atoms with E-state index in [0.29, 0.717) is 0 Å². The summed E-state index contributed by atoms with van der Waals surface area (Å²) in [5.41, 5.74) is 1.35. The molecule has 0 aliphatic rings. The van der Waals surface area contributed by atoms with Gasteiger partial charge in [-0.25, -0.2) is 0 Å². The highest BCUT2D eigenvalue weighted by atomic mass is 16.4. The summed E-state index contributed by atoms with van der Waals surface area (Å²) in [5, 5.41) is 2.68. The van der Waals surface area contributed by atoms with Gasteiger partial charge in [-0.05, 0) is 23.3 Å². The number of fused-ring (bicyclic) bond motifs is 1. The maximum atomic E-state index is 4.25. The van der Waals surface area contributed by atoms with E-state index in [1.165, 1.54) is 22.8 Å². The number of hydrogen-bond donors (Lipinski definition) is 0. The smallest absolute Gasteiger partial charge is 0.0351 e. The molecular weight excluding hydrogens is 208 g/mol. The summed E-state index contributed by atoms with van der Waals surface area (Å²) >= 11 is 0. The Hall–Kier alpha value is -1.34. The summed E-state index contributed by atoms with van der Waals surface area (Å²) in [6.45, 7) is 6.39. The van der Waals surface area contributed by atoms with Gasteiger partial charge in [-0.1, -0.05) is 62.7 Å². The second kappa shape index (κ2) is 9.86. The van der Waals surface area contributed by atoms with E-state index in [1.54, 1.807) is 14.2 Å². The number of benzene rings is 2. The van der Waals surface area contributed by atoms with Gasteiger partial charge in [-0.3, -0.25) is 0 Å². The van der Waals surface area contributed by atoms with Crippen LogP contribution in [-0.2, 0) is 4.74 Å². The van der Waals surface area contributed by atoms with Crippen molar-refractivity contribution in [3.05, 3.63) is 48.0 Å². The number of ether oxygens (including phenoxy) is 1. The van der Waals surface area contributed by atoms with Crippen molar-refractivity contribution in [3.8, 4) is 0 Å². The molecule has 0 spiro atoms. The van der Waals surface area contributed by atoms with E-state index in [1.807, 2.05) is 0 Å². The summed E-state index contributed by atoms with van der Waals surface area (Å²) in [6.07, 6.45) is 1.25. The molecule has 0 N–H and O–H groups in total. The van der Waals surface area contributed by atoms with Crippen molar-refractivity contribution in [1.29, 1.82) is 0 Å². The van der Waals surface area contributed by atoms with Crippen molar-refractivity contribution >= 4 is 10.8 Å². The van der Waals surface area contributed by atoms with Crippen molar-refractivity contribution in [1.82, 2.24) is 0 Å². The Balaban J connectivity index is 0.000000366. The van der Waals surface area contributed by atoms with Gasteiger partial charge in [-0.2, -0.15) is 0 Å². The van der Waals surface area contributed by atoms with Gasteiger partial charge in [-0.15, -0.1) is 0 Å². The Morgan fingerprint density at radius 3 is 1.88 bits per heavy atom. The SMILES string of the molecule is CCC.COC.Cc1cccc2ccccc12. The maximum absolute atomic E-state index is 4.25. The van der Waals surface area contributed by atoms with Crippen molar-refractivity contribution in [2.75, 3.05) is 14.2 Å². The Kier molecular flexibility index (Phi) is 9.08. The number of methoxy groups -OCH3 is 1. The molecule has 0 bridgehead atoms. The molecule has 0 heterocycles. The lowest BCUT2D eigenvalue weighted by Crippen LogP contribution is -1.75. The van der Waals surface area contributed by atoms with E-state index in [-0.39, 0.29) is 0 Å². The molecule has 0 atom stereocenters. The summed E-state index contributed by atoms with van der Waals surface area (Å²) in [6, 6.07) is 14.8. The molecule has 0 unspecified atom stereocenters. The summed E-state index contributed by atoms with van der Waals surface area (Å²) in [7, 11) is 3.25. The lowest BCUT2D eigenvalue weighted by molar-refractivity contribution is 0.277. The Labute approximate surface area is 105 Å². The molecule has 0 radical (unpaired) electrons. The van der Waals surface area contributed by atoms with Gasteiger partial charge in [0, 0.05) is 14.2 Å². The van der Waals surface area contributed by atoms with Crippen LogP contribution in [0.5, 0.6) is 0 Å². The Morgan fingerprint density at radius 1 is 0.882 bits per heavy atom. The first kappa shape index (κ1) is 15.7. The van der Waals surface area contributed by atoms with Gasteiger partial charge in [0.05, 0.1) is 0 Å². The zero-order chi connectivity index (χ0) is 13.1. The van der Waals surface area contributed by atoms with Crippen LogP contribution in [0.4, 0.5) is 0 Å². The molecule has 94 valence electrons. The zero-order valence-electron chi connectivity index (χ0n) is 11.7. The highest BCUT2D eigenvalue weighted by Crippen LogP contribution is 2.16. The van der Waals surface area contributed by atoms with E-state index < -0.39 is 0 Å². The van der Waals surface area contributed by atoms with Crippen molar-refractivity contribution in [3.63, 3.8) is 0 Å². The first-order chi connectivity index (χ1) is 8.21. The van der Waals surface area contributed by atoms with Crippen LogP contribution in [-0.4, -0.2) is 14.2 Å². The van der Waals surface area contributed by atoms with Gasteiger partial charge in [0.1, 0.15) is 0 Å². The molecule has 2 rings (SSSR count). The van der Waals surface area contributed by atoms with E-state index in [4.69, 9.17) is 0 Å². The molecule has 0 aliphatic carbocycles. The Bertz CT molecular complexity index is 400. The second-order valence-corrected chi connectivity index (χ2v) is 3.91. The third-order valence-corrected chi connectivity index (χ3v) is 2.01. The van der Waals surface area contributed by atoms with Crippen LogP contribution < -0.4 is 0 Å². The summed E-state index contributed by atoms with van der Waals surface area (Å²) < 4.78 is 4.25. The lowest BCUT2D eigenvalue weighted by atomic mass is 10.1. The highest BCUT2D eigenvalue weighted by Gasteiger charge is 1.92. The van der Waals surface area contributed by atoms with E-state index in [0.717, 1.165) is 0 Å². The standard InChI is InChI=1S/C11H10.C3H8.C2H6O/c1-9-5-4-7-10-6-2-3-8-11(9)10;2*1-3-2/h2-8H,1H3;3H2,1-2H3;1-2H3. The van der Waals surface area contributed by atoms with E-state index in [2.05, 4.69) is 68.0 Å². The van der Waals surface area contributed by atoms with Gasteiger partial charge in [0.25, 0.3) is 0 Å². The lowest BCUT2D eigenvalue weighted by Gasteiger charge is -1.98. The number of hydrogen-bond acceptors (Lipinski definition) is 1. The van der Waals surface area contributed by atoms with Crippen LogP contribution in [0.2, 0.25) is 0 Å². The molecule has 0 amide bonds. The first-order valence-electron chi connectivity index (χ1n) is 6.05. The van der Waals surface area contributed by atoms with Crippen LogP contribution in [0.15, 0.2) is 42.5 Å². The fourth-order valence-corrected chi connectivity index (χ4v) is 1.39. The molecule has 1 nitrogen and oxygen atoms in total. The highest BCUT2D eigenvalue weighted by molar-refractivity contribution is 5.85. The third kappa shape index (κ3) is 6.08. The van der Waals surface area contributed by atoms with Crippen LogP contribution in [0.25, 0.3) is 10.8 Å². The molecule has 0 saturated carbocycles. The zero-order valence-corrected chi connectivity index (χ0v) is 11.7. The van der Waals surface area contributed by atoms with E-state index in [9.17, 15) is 0 Å². The average molecular weight is 232 g/mol. The fraction of sp³-hybridized carbons (Fsp3) is 0.375. The normalized spacial score (nSPS) is 8.76.